The molecule has 1 saturated heterocycles. The highest BCUT2D eigenvalue weighted by molar-refractivity contribution is 5.48. The summed E-state index contributed by atoms with van der Waals surface area (Å²) in [7, 11) is 1.96. The smallest absolute Gasteiger partial charge is 0.372 e. The van der Waals surface area contributed by atoms with E-state index in [-0.39, 0.29) is 0 Å². The van der Waals surface area contributed by atoms with E-state index < -0.39 is 11.7 Å². The molecule has 0 saturated carbocycles. The molecule has 0 aromatic heterocycles. The zero-order valence-electron chi connectivity index (χ0n) is 11.7. The molecule has 0 unspecified atom stereocenters. The first-order chi connectivity index (χ1) is 9.50. The molecule has 0 aliphatic carbocycles. The Labute approximate surface area is 118 Å². The fraction of sp³-hybridized carbons (Fsp3) is 0.600. The summed E-state index contributed by atoms with van der Waals surface area (Å²) in [5.74, 6) is 0.730. The van der Waals surface area contributed by atoms with Crippen molar-refractivity contribution < 1.29 is 13.2 Å². The van der Waals surface area contributed by atoms with Crippen molar-refractivity contribution in [3.8, 4) is 0 Å². The summed E-state index contributed by atoms with van der Waals surface area (Å²) in [6.07, 6.45) is -0.846. The fourth-order valence-electron chi connectivity index (χ4n) is 2.69. The Morgan fingerprint density at radius 1 is 1.15 bits per heavy atom. The van der Waals surface area contributed by atoms with Gasteiger partial charge in [-0.25, -0.2) is 0 Å². The van der Waals surface area contributed by atoms with Crippen LogP contribution in [0.4, 0.5) is 18.9 Å². The number of benzene rings is 1. The van der Waals surface area contributed by atoms with Crippen LogP contribution >= 0.6 is 0 Å². The van der Waals surface area contributed by atoms with Crippen molar-refractivity contribution in [2.24, 2.45) is 5.92 Å². The molecule has 1 aromatic rings. The van der Waals surface area contributed by atoms with E-state index in [2.05, 4.69) is 10.2 Å². The van der Waals surface area contributed by atoms with E-state index in [4.69, 9.17) is 0 Å². The zero-order valence-corrected chi connectivity index (χ0v) is 11.7. The maximum absolute atomic E-state index is 12.5. The van der Waals surface area contributed by atoms with Gasteiger partial charge in [0.2, 0.25) is 0 Å². The largest absolute Gasteiger partial charge is 0.416 e. The van der Waals surface area contributed by atoms with Crippen molar-refractivity contribution in [3.63, 3.8) is 0 Å². The van der Waals surface area contributed by atoms with Gasteiger partial charge in [-0.1, -0.05) is 0 Å². The number of alkyl halides is 3. The standard InChI is InChI=1S/C15H21F3N2/c1-19-9-6-12-7-10-20(11-8-12)14-4-2-13(3-5-14)15(16,17)18/h2-5,12,19H,6-11H2,1H3. The van der Waals surface area contributed by atoms with Gasteiger partial charge in [-0.3, -0.25) is 0 Å². The molecular weight excluding hydrogens is 265 g/mol. The molecular formula is C15H21F3N2. The number of rotatable bonds is 4. The quantitative estimate of drug-likeness (QED) is 0.911. The minimum atomic E-state index is -4.25. The molecule has 0 spiro atoms. The predicted molar refractivity (Wildman–Crippen MR) is 74.9 cm³/mol. The SMILES string of the molecule is CNCCC1CCN(c2ccc(C(F)(F)F)cc2)CC1. The highest BCUT2D eigenvalue weighted by atomic mass is 19.4. The molecule has 1 N–H and O–H groups in total. The maximum Gasteiger partial charge on any atom is 0.416 e. The summed E-state index contributed by atoms with van der Waals surface area (Å²) in [6.45, 7) is 2.89. The number of nitrogens with one attached hydrogen (secondary N) is 1. The summed E-state index contributed by atoms with van der Waals surface area (Å²) in [6, 6.07) is 5.50. The van der Waals surface area contributed by atoms with Gasteiger partial charge in [-0.05, 0) is 63.0 Å². The number of anilines is 1. The minimum Gasteiger partial charge on any atom is -0.372 e. The van der Waals surface area contributed by atoms with Gasteiger partial charge < -0.3 is 10.2 Å². The van der Waals surface area contributed by atoms with Crippen LogP contribution in [0.1, 0.15) is 24.8 Å². The van der Waals surface area contributed by atoms with Gasteiger partial charge in [-0.2, -0.15) is 13.2 Å². The second kappa shape index (κ2) is 6.48. The van der Waals surface area contributed by atoms with Crippen LogP contribution in [0.2, 0.25) is 0 Å². The molecule has 1 aliphatic heterocycles. The Balaban J connectivity index is 1.90. The van der Waals surface area contributed by atoms with Crippen molar-refractivity contribution in [2.75, 3.05) is 31.6 Å². The van der Waals surface area contributed by atoms with Crippen molar-refractivity contribution in [1.82, 2.24) is 5.32 Å². The van der Waals surface area contributed by atoms with E-state index in [9.17, 15) is 13.2 Å². The lowest BCUT2D eigenvalue weighted by Crippen LogP contribution is -2.34. The van der Waals surface area contributed by atoms with Gasteiger partial charge in [0.05, 0.1) is 5.56 Å². The first kappa shape index (κ1) is 15.2. The number of halogens is 3. The molecule has 1 aliphatic rings. The number of hydrogen-bond acceptors (Lipinski definition) is 2. The predicted octanol–water partition coefficient (Wildman–Crippen LogP) is 3.53. The topological polar surface area (TPSA) is 15.3 Å². The zero-order chi connectivity index (χ0) is 14.6. The Hall–Kier alpha value is -1.23. The lowest BCUT2D eigenvalue weighted by Gasteiger charge is -2.33. The van der Waals surface area contributed by atoms with E-state index in [0.717, 1.165) is 44.1 Å². The Morgan fingerprint density at radius 3 is 2.25 bits per heavy atom. The van der Waals surface area contributed by atoms with Crippen LogP contribution < -0.4 is 10.2 Å². The van der Waals surface area contributed by atoms with Gasteiger partial charge in [0.15, 0.2) is 0 Å². The average molecular weight is 286 g/mol. The summed E-state index contributed by atoms with van der Waals surface area (Å²) in [4.78, 5) is 2.18. The lowest BCUT2D eigenvalue weighted by molar-refractivity contribution is -0.137. The van der Waals surface area contributed by atoms with Crippen LogP contribution in [0.3, 0.4) is 0 Å². The Kier molecular flexibility index (Phi) is 4.91. The van der Waals surface area contributed by atoms with Gasteiger partial charge in [0.25, 0.3) is 0 Å². The fourth-order valence-corrected chi connectivity index (χ4v) is 2.69. The highest BCUT2D eigenvalue weighted by Gasteiger charge is 2.30. The van der Waals surface area contributed by atoms with Gasteiger partial charge in [0.1, 0.15) is 0 Å². The summed E-state index contributed by atoms with van der Waals surface area (Å²) < 4.78 is 37.5. The third kappa shape index (κ3) is 3.88. The van der Waals surface area contributed by atoms with Crippen molar-refractivity contribution in [3.05, 3.63) is 29.8 Å². The summed E-state index contributed by atoms with van der Waals surface area (Å²) in [5, 5.41) is 3.16. The van der Waals surface area contributed by atoms with Crippen LogP contribution in [0, 0.1) is 5.92 Å². The molecule has 1 heterocycles. The molecule has 112 valence electrons. The van der Waals surface area contributed by atoms with E-state index in [1.165, 1.54) is 18.6 Å². The van der Waals surface area contributed by atoms with Crippen LogP contribution in [0.5, 0.6) is 0 Å². The van der Waals surface area contributed by atoms with E-state index in [1.807, 2.05) is 7.05 Å². The van der Waals surface area contributed by atoms with Crippen LogP contribution in [0.15, 0.2) is 24.3 Å². The van der Waals surface area contributed by atoms with Gasteiger partial charge in [-0.15, -0.1) is 0 Å². The number of nitrogens with zero attached hydrogens (tertiary/aromatic N) is 1. The van der Waals surface area contributed by atoms with E-state index >= 15 is 0 Å². The highest BCUT2D eigenvalue weighted by Crippen LogP contribution is 2.31. The average Bonchev–Trinajstić information content (AvgIpc) is 2.45. The minimum absolute atomic E-state index is 0.579. The van der Waals surface area contributed by atoms with Gasteiger partial charge >= 0.3 is 6.18 Å². The molecule has 5 heteroatoms. The Morgan fingerprint density at radius 2 is 1.75 bits per heavy atom. The lowest BCUT2D eigenvalue weighted by atomic mass is 9.93. The molecule has 0 radical (unpaired) electrons. The van der Waals surface area contributed by atoms with Crippen LogP contribution in [0.25, 0.3) is 0 Å². The monoisotopic (exact) mass is 286 g/mol. The molecule has 1 fully saturated rings. The number of piperidine rings is 1. The molecule has 0 bridgehead atoms. The van der Waals surface area contributed by atoms with E-state index in [1.54, 1.807) is 12.1 Å². The third-order valence-corrected chi connectivity index (χ3v) is 3.98. The first-order valence-corrected chi connectivity index (χ1v) is 7.07. The third-order valence-electron chi connectivity index (χ3n) is 3.98. The second-order valence-corrected chi connectivity index (χ2v) is 5.37. The summed E-state index contributed by atoms with van der Waals surface area (Å²) >= 11 is 0. The molecule has 20 heavy (non-hydrogen) atoms. The molecule has 0 atom stereocenters. The molecule has 1 aromatic carbocycles. The van der Waals surface area contributed by atoms with E-state index in [0.29, 0.717) is 0 Å². The van der Waals surface area contributed by atoms with Crippen LogP contribution in [-0.4, -0.2) is 26.7 Å². The summed E-state index contributed by atoms with van der Waals surface area (Å²) in [5.41, 5.74) is 0.315. The normalized spacial score (nSPS) is 17.5. The van der Waals surface area contributed by atoms with Crippen molar-refractivity contribution in [1.29, 1.82) is 0 Å². The van der Waals surface area contributed by atoms with Crippen molar-refractivity contribution in [2.45, 2.75) is 25.4 Å². The molecule has 2 rings (SSSR count). The molecule has 2 nitrogen and oxygen atoms in total. The molecule has 0 amide bonds. The van der Waals surface area contributed by atoms with Crippen LogP contribution in [-0.2, 0) is 6.18 Å². The first-order valence-electron chi connectivity index (χ1n) is 7.07. The number of hydrogen-bond donors (Lipinski definition) is 1. The Bertz CT molecular complexity index is 406. The van der Waals surface area contributed by atoms with Crippen molar-refractivity contribution >= 4 is 5.69 Å². The maximum atomic E-state index is 12.5. The van der Waals surface area contributed by atoms with Gasteiger partial charge in [0, 0.05) is 18.8 Å². The second-order valence-electron chi connectivity index (χ2n) is 5.37.